The molecule has 3 aromatic carbocycles. The summed E-state index contributed by atoms with van der Waals surface area (Å²) in [6.07, 6.45) is 1.92. The van der Waals surface area contributed by atoms with Gasteiger partial charge in [-0.05, 0) is 68.0 Å². The number of amides is 2. The Hall–Kier alpha value is -3.20. The minimum atomic E-state index is -3.60. The highest BCUT2D eigenvalue weighted by atomic mass is 32.2. The fourth-order valence-corrected chi connectivity index (χ4v) is 8.17. The molecule has 0 saturated carbocycles. The predicted molar refractivity (Wildman–Crippen MR) is 172 cm³/mol. The zero-order valence-electron chi connectivity index (χ0n) is 26.0. The highest BCUT2D eigenvalue weighted by Crippen LogP contribution is 2.35. The van der Waals surface area contributed by atoms with E-state index < -0.39 is 10.0 Å². The van der Waals surface area contributed by atoms with Crippen molar-refractivity contribution < 1.29 is 13.2 Å². The number of carbonyl (C=O) groups is 1. The summed E-state index contributed by atoms with van der Waals surface area (Å²) < 4.78 is 28.3. The molecule has 2 aliphatic rings. The number of rotatable bonds is 10. The molecule has 8 heteroatoms. The normalized spacial score (nSPS) is 21.3. The zero-order chi connectivity index (χ0) is 30.6. The van der Waals surface area contributed by atoms with E-state index in [9.17, 15) is 13.2 Å². The fourth-order valence-electron chi connectivity index (χ4n) is 6.86. The van der Waals surface area contributed by atoms with Gasteiger partial charge in [0.2, 0.25) is 10.0 Å². The van der Waals surface area contributed by atoms with Crippen LogP contribution in [-0.4, -0.2) is 86.8 Å². The summed E-state index contributed by atoms with van der Waals surface area (Å²) in [6, 6.07) is 29.3. The number of carbonyl (C=O) groups excluding carboxylic acids is 1. The van der Waals surface area contributed by atoms with Crippen LogP contribution < -0.4 is 0 Å². The molecule has 2 saturated heterocycles. The maximum atomic E-state index is 13.5. The van der Waals surface area contributed by atoms with E-state index in [1.807, 2.05) is 54.4 Å². The van der Waals surface area contributed by atoms with E-state index in [2.05, 4.69) is 47.9 Å². The first-order valence-corrected chi connectivity index (χ1v) is 16.9. The Labute approximate surface area is 258 Å². The van der Waals surface area contributed by atoms with Crippen molar-refractivity contribution >= 4 is 16.1 Å². The number of urea groups is 1. The Morgan fingerprint density at radius 2 is 1.47 bits per heavy atom. The van der Waals surface area contributed by atoms with Gasteiger partial charge >= 0.3 is 6.03 Å². The van der Waals surface area contributed by atoms with Crippen molar-refractivity contribution in [3.05, 3.63) is 102 Å². The van der Waals surface area contributed by atoms with Gasteiger partial charge in [0.1, 0.15) is 0 Å². The third kappa shape index (κ3) is 6.97. The molecule has 7 nitrogen and oxygen atoms in total. The highest BCUT2D eigenvalue weighted by Gasteiger charge is 2.41. The summed E-state index contributed by atoms with van der Waals surface area (Å²) in [6.45, 7) is 9.13. The van der Waals surface area contributed by atoms with Crippen LogP contribution in [0.5, 0.6) is 0 Å². The number of sulfonamides is 1. The van der Waals surface area contributed by atoms with Crippen LogP contribution in [-0.2, 0) is 15.4 Å². The van der Waals surface area contributed by atoms with Gasteiger partial charge in [-0.15, -0.1) is 0 Å². The molecule has 230 valence electrons. The Balaban J connectivity index is 1.22. The molecule has 0 unspecified atom stereocenters. The van der Waals surface area contributed by atoms with Crippen LogP contribution in [0.25, 0.3) is 0 Å². The summed E-state index contributed by atoms with van der Waals surface area (Å²) in [5, 5.41) is 0. The average molecular weight is 603 g/mol. The lowest BCUT2D eigenvalue weighted by Gasteiger charge is -2.39. The second kappa shape index (κ2) is 13.2. The molecular weight excluding hydrogens is 556 g/mol. The van der Waals surface area contributed by atoms with Crippen LogP contribution >= 0.6 is 0 Å². The van der Waals surface area contributed by atoms with Gasteiger partial charge in [-0.3, -0.25) is 0 Å². The number of hydrogen-bond acceptors (Lipinski definition) is 4. The fraction of sp³-hybridized carbons (Fsp3) is 0.457. The number of nitrogens with zero attached hydrogens (tertiary/aromatic N) is 4. The Bertz CT molecular complexity index is 1450. The van der Waals surface area contributed by atoms with E-state index in [-0.39, 0.29) is 17.5 Å². The Morgan fingerprint density at radius 3 is 2.12 bits per heavy atom. The van der Waals surface area contributed by atoms with Gasteiger partial charge in [0.05, 0.1) is 10.9 Å². The second-order valence-corrected chi connectivity index (χ2v) is 14.8. The van der Waals surface area contributed by atoms with E-state index in [4.69, 9.17) is 0 Å². The number of fused-ring (bicyclic) bond motifs is 1. The summed E-state index contributed by atoms with van der Waals surface area (Å²) in [5.74, 6) is 0.991. The topological polar surface area (TPSA) is 64.2 Å². The van der Waals surface area contributed by atoms with Gasteiger partial charge in [-0.1, -0.05) is 85.8 Å². The highest BCUT2D eigenvalue weighted by molar-refractivity contribution is 7.89. The van der Waals surface area contributed by atoms with Crippen LogP contribution in [0.2, 0.25) is 0 Å². The molecule has 0 radical (unpaired) electrons. The molecule has 0 bridgehead atoms. The molecule has 5 rings (SSSR count). The Kier molecular flexibility index (Phi) is 9.59. The Morgan fingerprint density at radius 1 is 0.884 bits per heavy atom. The lowest BCUT2D eigenvalue weighted by atomic mass is 9.78. The molecule has 2 amide bonds. The van der Waals surface area contributed by atoms with Gasteiger partial charge in [0.15, 0.2) is 0 Å². The quantitative estimate of drug-likeness (QED) is 0.298. The van der Waals surface area contributed by atoms with Crippen LogP contribution in [0.3, 0.4) is 0 Å². The molecule has 2 aliphatic heterocycles. The minimum Gasteiger partial charge on any atom is -0.324 e. The molecular formula is C35H46N4O3S. The summed E-state index contributed by atoms with van der Waals surface area (Å²) in [5.41, 5.74) is 1.93. The van der Waals surface area contributed by atoms with E-state index in [1.54, 1.807) is 31.3 Å². The van der Waals surface area contributed by atoms with Crippen molar-refractivity contribution in [1.29, 1.82) is 0 Å². The monoisotopic (exact) mass is 602 g/mol. The molecule has 0 spiro atoms. The summed E-state index contributed by atoms with van der Waals surface area (Å²) >= 11 is 0. The molecule has 43 heavy (non-hydrogen) atoms. The van der Waals surface area contributed by atoms with E-state index >= 15 is 0 Å². The number of hydrogen-bond donors (Lipinski definition) is 0. The lowest BCUT2D eigenvalue weighted by Crippen LogP contribution is -2.45. The molecule has 0 N–H and O–H groups in total. The molecule has 4 atom stereocenters. The van der Waals surface area contributed by atoms with E-state index in [0.717, 1.165) is 56.7 Å². The van der Waals surface area contributed by atoms with Crippen molar-refractivity contribution in [3.8, 4) is 0 Å². The molecule has 3 aromatic rings. The molecule has 2 heterocycles. The maximum Gasteiger partial charge on any atom is 0.320 e. The van der Waals surface area contributed by atoms with Gasteiger partial charge in [-0.2, -0.15) is 0 Å². The predicted octanol–water partition coefficient (Wildman–Crippen LogP) is 5.72. The number of benzene rings is 3. The van der Waals surface area contributed by atoms with E-state index in [0.29, 0.717) is 23.3 Å². The number of likely N-dealkylation sites (N-methyl/N-ethyl adjacent to an activating group) is 1. The SMILES string of the molecule is C[C@H](c1ccccc1)N(C)C(=O)N1C[C@H]2CN(CC[C@](C)(CN(C)S(=O)(=O)c3ccccc3)c3ccccc3)CC[C@H]2C1. The molecule has 0 aliphatic carbocycles. The van der Waals surface area contributed by atoms with Gasteiger partial charge in [0, 0.05) is 45.7 Å². The van der Waals surface area contributed by atoms with Crippen LogP contribution in [0, 0.1) is 11.8 Å². The average Bonchev–Trinajstić information content (AvgIpc) is 3.47. The van der Waals surface area contributed by atoms with Crippen molar-refractivity contribution in [2.75, 3.05) is 53.4 Å². The number of likely N-dealkylation sites (tertiary alicyclic amines) is 2. The van der Waals surface area contributed by atoms with Crippen molar-refractivity contribution in [2.24, 2.45) is 11.8 Å². The summed E-state index contributed by atoms with van der Waals surface area (Å²) in [7, 11) is -0.00250. The first kappa shape index (κ1) is 31.2. The van der Waals surface area contributed by atoms with Crippen LogP contribution in [0.1, 0.15) is 43.9 Å². The largest absolute Gasteiger partial charge is 0.324 e. The van der Waals surface area contributed by atoms with Gasteiger partial charge in [0.25, 0.3) is 0 Å². The van der Waals surface area contributed by atoms with Crippen molar-refractivity contribution in [2.45, 2.75) is 43.0 Å². The third-order valence-corrected chi connectivity index (χ3v) is 11.6. The number of piperidine rings is 1. The first-order valence-electron chi connectivity index (χ1n) is 15.4. The van der Waals surface area contributed by atoms with E-state index in [1.165, 1.54) is 4.31 Å². The minimum absolute atomic E-state index is 0.0207. The van der Waals surface area contributed by atoms with Gasteiger partial charge < -0.3 is 14.7 Å². The zero-order valence-corrected chi connectivity index (χ0v) is 26.8. The second-order valence-electron chi connectivity index (χ2n) is 12.7. The molecule has 2 fully saturated rings. The van der Waals surface area contributed by atoms with Crippen LogP contribution in [0.15, 0.2) is 95.9 Å². The molecule has 0 aromatic heterocycles. The maximum absolute atomic E-state index is 13.5. The third-order valence-electron chi connectivity index (χ3n) is 9.79. The van der Waals surface area contributed by atoms with Crippen LogP contribution in [0.4, 0.5) is 4.79 Å². The van der Waals surface area contributed by atoms with Crippen molar-refractivity contribution in [3.63, 3.8) is 0 Å². The smallest absolute Gasteiger partial charge is 0.320 e. The summed E-state index contributed by atoms with van der Waals surface area (Å²) in [4.78, 5) is 20.2. The van der Waals surface area contributed by atoms with Gasteiger partial charge in [-0.25, -0.2) is 17.5 Å². The lowest BCUT2D eigenvalue weighted by molar-refractivity contribution is 0.135. The first-order chi connectivity index (χ1) is 20.6. The standard InChI is InChI=1S/C35H46N4O3S/c1-28(29-14-8-5-9-15-29)37(4)34(40)39-25-30-20-22-38(24-31(30)26-39)23-21-35(2,32-16-10-6-11-17-32)27-36(3)43(41,42)33-18-12-7-13-19-33/h5-19,28,30-31H,20-27H2,1-4H3/t28-,30+,31-,35-/m1/s1. The van der Waals surface area contributed by atoms with Crippen molar-refractivity contribution in [1.82, 2.24) is 19.0 Å².